The highest BCUT2D eigenvalue weighted by molar-refractivity contribution is 5.98. The number of aliphatic hydroxyl groups is 1. The zero-order valence-electron chi connectivity index (χ0n) is 17.9. The van der Waals surface area contributed by atoms with E-state index in [1.165, 1.54) is 6.33 Å². The number of β-amino-alcohol motifs (C(OH)–C–C–N with tert-alkyl or cyclic N) is 1. The summed E-state index contributed by atoms with van der Waals surface area (Å²) in [6.45, 7) is 0.694. The minimum atomic E-state index is -1.21. The van der Waals surface area contributed by atoms with Crippen LogP contribution < -0.4 is 9.64 Å². The Labute approximate surface area is 185 Å². The van der Waals surface area contributed by atoms with Gasteiger partial charge in [0, 0.05) is 48.9 Å². The predicted octanol–water partition coefficient (Wildman–Crippen LogP) is 3.62. The molecule has 1 fully saturated rings. The maximum Gasteiger partial charge on any atom is 0.144 e. The third kappa shape index (κ3) is 3.56. The van der Waals surface area contributed by atoms with Gasteiger partial charge in [-0.15, -0.1) is 0 Å². The summed E-state index contributed by atoms with van der Waals surface area (Å²) in [5, 5.41) is 15.6. The number of alkyl halides is 1. The molecule has 0 saturated carbocycles. The molecule has 32 heavy (non-hydrogen) atoms. The minimum Gasteiger partial charge on any atom is -0.495 e. The first-order chi connectivity index (χ1) is 15.5. The number of halogens is 1. The number of nitrogens with zero attached hydrogens (tertiary/aromatic N) is 5. The van der Waals surface area contributed by atoms with E-state index < -0.39 is 12.3 Å². The minimum absolute atomic E-state index is 0.203. The number of hydrogen-bond acceptors (Lipinski definition) is 6. The van der Waals surface area contributed by atoms with Crippen molar-refractivity contribution in [3.05, 3.63) is 55.0 Å². The first kappa shape index (κ1) is 20.4. The van der Waals surface area contributed by atoms with Crippen molar-refractivity contribution in [1.82, 2.24) is 19.7 Å². The summed E-state index contributed by atoms with van der Waals surface area (Å²) in [7, 11) is 3.48. The molecular formula is C24H24FN5O2. The van der Waals surface area contributed by atoms with Gasteiger partial charge in [-0.3, -0.25) is 4.68 Å². The van der Waals surface area contributed by atoms with Crippen molar-refractivity contribution in [2.24, 2.45) is 7.05 Å². The molecule has 0 spiro atoms. The Balaban J connectivity index is 1.68. The maximum atomic E-state index is 13.9. The van der Waals surface area contributed by atoms with E-state index in [4.69, 9.17) is 4.74 Å². The molecule has 1 aliphatic heterocycles. The zero-order valence-corrected chi connectivity index (χ0v) is 17.9. The van der Waals surface area contributed by atoms with Gasteiger partial charge in [-0.1, -0.05) is 30.3 Å². The molecule has 4 aromatic rings. The third-order valence-electron chi connectivity index (χ3n) is 5.91. The van der Waals surface area contributed by atoms with E-state index >= 15 is 0 Å². The van der Waals surface area contributed by atoms with Crippen LogP contribution in [-0.2, 0) is 7.05 Å². The lowest BCUT2D eigenvalue weighted by Gasteiger charge is -2.34. The van der Waals surface area contributed by atoms with Gasteiger partial charge in [0.2, 0.25) is 0 Å². The van der Waals surface area contributed by atoms with Crippen molar-refractivity contribution in [2.75, 3.05) is 25.1 Å². The van der Waals surface area contributed by atoms with E-state index in [0.717, 1.165) is 39.1 Å². The number of benzene rings is 2. The summed E-state index contributed by atoms with van der Waals surface area (Å²) in [4.78, 5) is 11.0. The van der Waals surface area contributed by atoms with Crippen molar-refractivity contribution in [3.63, 3.8) is 0 Å². The number of piperidine rings is 1. The van der Waals surface area contributed by atoms with Crippen LogP contribution in [0.1, 0.15) is 6.42 Å². The molecule has 2 atom stereocenters. The van der Waals surface area contributed by atoms with Gasteiger partial charge < -0.3 is 14.7 Å². The van der Waals surface area contributed by atoms with Crippen LogP contribution >= 0.6 is 0 Å². The van der Waals surface area contributed by atoms with Crippen LogP contribution in [0.4, 0.5) is 10.1 Å². The molecule has 0 amide bonds. The monoisotopic (exact) mass is 433 g/mol. The van der Waals surface area contributed by atoms with Gasteiger partial charge in [0.25, 0.3) is 0 Å². The normalized spacial score (nSPS) is 18.8. The average Bonchev–Trinajstić information content (AvgIpc) is 3.21. The van der Waals surface area contributed by atoms with E-state index in [0.29, 0.717) is 12.3 Å². The fourth-order valence-corrected chi connectivity index (χ4v) is 4.29. The van der Waals surface area contributed by atoms with Crippen molar-refractivity contribution < 1.29 is 14.2 Å². The van der Waals surface area contributed by atoms with E-state index in [1.54, 1.807) is 11.8 Å². The smallest absolute Gasteiger partial charge is 0.144 e. The molecule has 1 aliphatic rings. The fourth-order valence-electron chi connectivity index (χ4n) is 4.29. The Morgan fingerprint density at radius 2 is 1.94 bits per heavy atom. The summed E-state index contributed by atoms with van der Waals surface area (Å²) in [6.07, 6.45) is 1.52. The second kappa shape index (κ2) is 8.20. The lowest BCUT2D eigenvalue weighted by Crippen LogP contribution is -2.45. The molecule has 8 heteroatoms. The molecule has 1 saturated heterocycles. The van der Waals surface area contributed by atoms with Gasteiger partial charge in [-0.25, -0.2) is 14.4 Å². The molecule has 1 N–H and O–H groups in total. The van der Waals surface area contributed by atoms with Crippen LogP contribution in [0.5, 0.6) is 5.75 Å². The summed E-state index contributed by atoms with van der Waals surface area (Å²) < 4.78 is 21.3. The second-order valence-corrected chi connectivity index (χ2v) is 8.01. The van der Waals surface area contributed by atoms with E-state index in [2.05, 4.69) is 15.1 Å². The van der Waals surface area contributed by atoms with Crippen LogP contribution in [0.25, 0.3) is 33.4 Å². The number of aryl methyl sites for hydroxylation is 1. The Kier molecular flexibility index (Phi) is 5.22. The number of anilines is 1. The van der Waals surface area contributed by atoms with Crippen molar-refractivity contribution >= 4 is 16.6 Å². The van der Waals surface area contributed by atoms with Crippen LogP contribution in [0.2, 0.25) is 0 Å². The number of rotatable bonds is 4. The number of ether oxygens (including phenoxy) is 1. The topological polar surface area (TPSA) is 76.3 Å². The van der Waals surface area contributed by atoms with Gasteiger partial charge in [-0.2, -0.15) is 5.10 Å². The summed E-state index contributed by atoms with van der Waals surface area (Å²) >= 11 is 0. The second-order valence-electron chi connectivity index (χ2n) is 8.01. The Morgan fingerprint density at radius 3 is 2.69 bits per heavy atom. The van der Waals surface area contributed by atoms with E-state index in [-0.39, 0.29) is 13.0 Å². The van der Waals surface area contributed by atoms with Crippen molar-refractivity contribution in [1.29, 1.82) is 0 Å². The SMILES string of the molecule is COc1cc2ncnc(-c3cn(C)nc3-c3ccccc3)c2cc1N1CCC(F)C(O)C1. The van der Waals surface area contributed by atoms with Crippen LogP contribution in [0.3, 0.4) is 0 Å². The number of hydrogen-bond donors (Lipinski definition) is 1. The number of fused-ring (bicyclic) bond motifs is 1. The van der Waals surface area contributed by atoms with Gasteiger partial charge in [0.05, 0.1) is 24.0 Å². The summed E-state index contributed by atoms with van der Waals surface area (Å²) in [6, 6.07) is 13.8. The molecular weight excluding hydrogens is 409 g/mol. The maximum absolute atomic E-state index is 13.9. The van der Waals surface area contributed by atoms with E-state index in [9.17, 15) is 9.50 Å². The van der Waals surface area contributed by atoms with Crippen LogP contribution in [0, 0.1) is 0 Å². The fraction of sp³-hybridized carbons (Fsp3) is 0.292. The highest BCUT2D eigenvalue weighted by atomic mass is 19.1. The first-order valence-electron chi connectivity index (χ1n) is 10.5. The molecule has 2 unspecified atom stereocenters. The predicted molar refractivity (Wildman–Crippen MR) is 121 cm³/mol. The van der Waals surface area contributed by atoms with Gasteiger partial charge in [0.15, 0.2) is 0 Å². The Morgan fingerprint density at radius 1 is 1.12 bits per heavy atom. The van der Waals surface area contributed by atoms with Gasteiger partial charge in [0.1, 0.15) is 30.0 Å². The number of aromatic nitrogens is 4. The lowest BCUT2D eigenvalue weighted by molar-refractivity contribution is 0.0644. The van der Waals surface area contributed by atoms with Gasteiger partial charge >= 0.3 is 0 Å². The highest BCUT2D eigenvalue weighted by Gasteiger charge is 2.29. The summed E-state index contributed by atoms with van der Waals surface area (Å²) in [5.74, 6) is 0.626. The zero-order chi connectivity index (χ0) is 22.2. The number of aliphatic hydroxyl groups excluding tert-OH is 1. The summed E-state index contributed by atoms with van der Waals surface area (Å²) in [5.41, 5.74) is 5.00. The Bertz CT molecular complexity index is 1260. The molecule has 5 rings (SSSR count). The molecule has 7 nitrogen and oxygen atoms in total. The van der Waals surface area contributed by atoms with Crippen LogP contribution in [0.15, 0.2) is 55.0 Å². The van der Waals surface area contributed by atoms with Crippen LogP contribution in [-0.4, -0.2) is 57.3 Å². The van der Waals surface area contributed by atoms with Crippen molar-refractivity contribution in [3.8, 4) is 28.3 Å². The molecule has 0 aliphatic carbocycles. The standard InChI is InChI=1S/C24H24FN5O2/c1-29-12-17(23(28-29)15-6-4-3-5-7-15)24-16-10-20(30-9-8-18(25)21(31)13-30)22(32-2)11-19(16)26-14-27-24/h3-7,10-12,14,18,21,31H,8-9,13H2,1-2H3. The Hall–Kier alpha value is -3.52. The molecule has 3 heterocycles. The highest BCUT2D eigenvalue weighted by Crippen LogP contribution is 2.39. The third-order valence-corrected chi connectivity index (χ3v) is 5.91. The van der Waals surface area contributed by atoms with E-state index in [1.807, 2.05) is 60.6 Å². The molecule has 0 bridgehead atoms. The van der Waals surface area contributed by atoms with Crippen molar-refractivity contribution in [2.45, 2.75) is 18.7 Å². The quantitative estimate of drug-likeness (QED) is 0.530. The molecule has 164 valence electrons. The first-order valence-corrected chi connectivity index (χ1v) is 10.5. The molecule has 0 radical (unpaired) electrons. The lowest BCUT2D eigenvalue weighted by atomic mass is 10.0. The number of methoxy groups -OCH3 is 1. The largest absolute Gasteiger partial charge is 0.495 e. The molecule has 2 aromatic heterocycles. The average molecular weight is 433 g/mol. The molecule has 2 aromatic carbocycles. The van der Waals surface area contributed by atoms with Gasteiger partial charge in [-0.05, 0) is 12.5 Å².